The highest BCUT2D eigenvalue weighted by molar-refractivity contribution is 6.04. The molecule has 0 bridgehead atoms. The minimum absolute atomic E-state index is 0.0770. The second-order valence-corrected chi connectivity index (χ2v) is 4.72. The van der Waals surface area contributed by atoms with Crippen LogP contribution in [0.15, 0.2) is 54.6 Å². The number of carbonyl (C=O) groups excluding carboxylic acids is 1. The van der Waals surface area contributed by atoms with Gasteiger partial charge in [-0.2, -0.15) is 0 Å². The van der Waals surface area contributed by atoms with Crippen molar-refractivity contribution >= 4 is 11.6 Å². The third-order valence-corrected chi connectivity index (χ3v) is 2.79. The van der Waals surface area contributed by atoms with Gasteiger partial charge >= 0.3 is 0 Å². The topological polar surface area (TPSA) is 32.3 Å². The molecule has 2 aromatic rings. The number of amides is 1. The molecule has 2 rings (SSSR count). The second kappa shape index (κ2) is 6.16. The molecular weight excluding hydrogens is 236 g/mol. The lowest BCUT2D eigenvalue weighted by Crippen LogP contribution is -2.16. The fraction of sp³-hybridized carbons (Fsp3) is 0.188. The minimum atomic E-state index is -0.0770. The fourth-order valence-corrected chi connectivity index (χ4v) is 1.90. The summed E-state index contributed by atoms with van der Waals surface area (Å²) in [7, 11) is 4.02. The standard InChI is InChI=1S/C16H18N2O/c1-18(2)12-14-10-6-7-11-15(14)17-16(19)13-8-4-3-5-9-13/h3-11H,12H2,1-2H3,(H,17,19). The molecule has 0 unspecified atom stereocenters. The Morgan fingerprint density at radius 2 is 1.63 bits per heavy atom. The van der Waals surface area contributed by atoms with Crippen LogP contribution < -0.4 is 5.32 Å². The molecule has 0 aromatic heterocycles. The highest BCUT2D eigenvalue weighted by Crippen LogP contribution is 2.17. The van der Waals surface area contributed by atoms with Crippen LogP contribution >= 0.6 is 0 Å². The Labute approximate surface area is 113 Å². The number of hydrogen-bond acceptors (Lipinski definition) is 2. The quantitative estimate of drug-likeness (QED) is 0.909. The maximum absolute atomic E-state index is 12.1. The van der Waals surface area contributed by atoms with Crippen LogP contribution in [0.1, 0.15) is 15.9 Å². The number of carbonyl (C=O) groups is 1. The largest absolute Gasteiger partial charge is 0.322 e. The predicted octanol–water partition coefficient (Wildman–Crippen LogP) is 3.00. The van der Waals surface area contributed by atoms with E-state index in [0.29, 0.717) is 5.56 Å². The molecule has 3 heteroatoms. The Balaban J connectivity index is 2.17. The Morgan fingerprint density at radius 1 is 1.00 bits per heavy atom. The van der Waals surface area contributed by atoms with Gasteiger partial charge in [0, 0.05) is 17.8 Å². The zero-order valence-electron chi connectivity index (χ0n) is 11.3. The summed E-state index contributed by atoms with van der Waals surface area (Å²) in [6.45, 7) is 0.797. The lowest BCUT2D eigenvalue weighted by molar-refractivity contribution is 0.102. The molecule has 0 atom stereocenters. The van der Waals surface area contributed by atoms with Gasteiger partial charge in [-0.15, -0.1) is 0 Å². The van der Waals surface area contributed by atoms with E-state index in [1.807, 2.05) is 68.7 Å². The molecule has 0 fully saturated rings. The first-order chi connectivity index (χ1) is 9.16. The average Bonchev–Trinajstić information content (AvgIpc) is 2.41. The van der Waals surface area contributed by atoms with Crippen LogP contribution in [-0.4, -0.2) is 24.9 Å². The van der Waals surface area contributed by atoms with Crippen LogP contribution in [0.4, 0.5) is 5.69 Å². The van der Waals surface area contributed by atoms with E-state index in [0.717, 1.165) is 17.8 Å². The summed E-state index contributed by atoms with van der Waals surface area (Å²) >= 11 is 0. The molecule has 2 aromatic carbocycles. The minimum Gasteiger partial charge on any atom is -0.322 e. The summed E-state index contributed by atoms with van der Waals surface area (Å²) in [5, 5.41) is 2.97. The van der Waals surface area contributed by atoms with E-state index in [9.17, 15) is 4.79 Å². The average molecular weight is 254 g/mol. The van der Waals surface area contributed by atoms with Crippen LogP contribution in [-0.2, 0) is 6.54 Å². The maximum atomic E-state index is 12.1. The van der Waals surface area contributed by atoms with Gasteiger partial charge < -0.3 is 10.2 Å². The van der Waals surface area contributed by atoms with E-state index >= 15 is 0 Å². The van der Waals surface area contributed by atoms with E-state index in [-0.39, 0.29) is 5.91 Å². The SMILES string of the molecule is CN(C)Cc1ccccc1NC(=O)c1ccccc1. The van der Waals surface area contributed by atoms with Gasteiger partial charge in [0.05, 0.1) is 0 Å². The van der Waals surface area contributed by atoms with Gasteiger partial charge in [-0.3, -0.25) is 4.79 Å². The van der Waals surface area contributed by atoms with Crippen LogP contribution in [0.3, 0.4) is 0 Å². The predicted molar refractivity (Wildman–Crippen MR) is 78.2 cm³/mol. The van der Waals surface area contributed by atoms with E-state index < -0.39 is 0 Å². The van der Waals surface area contributed by atoms with Crippen LogP contribution in [0, 0.1) is 0 Å². The summed E-state index contributed by atoms with van der Waals surface area (Å²) in [5.74, 6) is -0.0770. The Hall–Kier alpha value is -2.13. The third kappa shape index (κ3) is 3.66. The normalized spacial score (nSPS) is 10.5. The van der Waals surface area contributed by atoms with Crippen LogP contribution in [0.25, 0.3) is 0 Å². The van der Waals surface area contributed by atoms with Gasteiger partial charge in [-0.25, -0.2) is 0 Å². The molecule has 0 saturated heterocycles. The van der Waals surface area contributed by atoms with Crippen molar-refractivity contribution in [3.63, 3.8) is 0 Å². The van der Waals surface area contributed by atoms with Crippen molar-refractivity contribution in [1.82, 2.24) is 4.90 Å². The molecule has 0 heterocycles. The van der Waals surface area contributed by atoms with Crippen LogP contribution in [0.2, 0.25) is 0 Å². The first-order valence-electron chi connectivity index (χ1n) is 6.26. The van der Waals surface area contributed by atoms with E-state index in [1.54, 1.807) is 0 Å². The molecule has 98 valence electrons. The van der Waals surface area contributed by atoms with Crippen LogP contribution in [0.5, 0.6) is 0 Å². The molecule has 0 radical (unpaired) electrons. The fourth-order valence-electron chi connectivity index (χ4n) is 1.90. The number of para-hydroxylation sites is 1. The lowest BCUT2D eigenvalue weighted by Gasteiger charge is -2.14. The Kier molecular flexibility index (Phi) is 4.31. The van der Waals surface area contributed by atoms with E-state index in [2.05, 4.69) is 10.2 Å². The van der Waals surface area contributed by atoms with Crippen molar-refractivity contribution in [2.75, 3.05) is 19.4 Å². The monoisotopic (exact) mass is 254 g/mol. The molecule has 0 spiro atoms. The molecular formula is C16H18N2O. The van der Waals surface area contributed by atoms with E-state index in [1.165, 1.54) is 0 Å². The number of nitrogens with zero attached hydrogens (tertiary/aromatic N) is 1. The Bertz CT molecular complexity index is 550. The first-order valence-corrected chi connectivity index (χ1v) is 6.26. The number of anilines is 1. The van der Waals surface area contributed by atoms with Crippen molar-refractivity contribution in [2.45, 2.75) is 6.54 Å². The first kappa shape index (κ1) is 13.3. The zero-order valence-corrected chi connectivity index (χ0v) is 11.3. The molecule has 3 nitrogen and oxygen atoms in total. The van der Waals surface area contributed by atoms with Crippen molar-refractivity contribution < 1.29 is 4.79 Å². The summed E-state index contributed by atoms with van der Waals surface area (Å²) < 4.78 is 0. The van der Waals surface area contributed by atoms with Gasteiger partial charge in [0.1, 0.15) is 0 Å². The van der Waals surface area contributed by atoms with Crippen molar-refractivity contribution in [3.05, 3.63) is 65.7 Å². The highest BCUT2D eigenvalue weighted by Gasteiger charge is 2.08. The Morgan fingerprint density at radius 3 is 2.32 bits per heavy atom. The smallest absolute Gasteiger partial charge is 0.255 e. The lowest BCUT2D eigenvalue weighted by atomic mass is 10.1. The highest BCUT2D eigenvalue weighted by atomic mass is 16.1. The van der Waals surface area contributed by atoms with Gasteiger partial charge in [0.2, 0.25) is 0 Å². The van der Waals surface area contributed by atoms with Gasteiger partial charge in [0.25, 0.3) is 5.91 Å². The van der Waals surface area contributed by atoms with E-state index in [4.69, 9.17) is 0 Å². The van der Waals surface area contributed by atoms with Gasteiger partial charge in [-0.1, -0.05) is 36.4 Å². The summed E-state index contributed by atoms with van der Waals surface area (Å²) in [4.78, 5) is 14.2. The number of benzene rings is 2. The van der Waals surface area contributed by atoms with Gasteiger partial charge in [0.15, 0.2) is 0 Å². The maximum Gasteiger partial charge on any atom is 0.255 e. The summed E-state index contributed by atoms with van der Waals surface area (Å²) in [6.07, 6.45) is 0. The number of hydrogen-bond donors (Lipinski definition) is 1. The molecule has 0 aliphatic heterocycles. The number of rotatable bonds is 4. The third-order valence-electron chi connectivity index (χ3n) is 2.79. The molecule has 19 heavy (non-hydrogen) atoms. The van der Waals surface area contributed by atoms with Crippen molar-refractivity contribution in [1.29, 1.82) is 0 Å². The molecule has 0 aliphatic rings. The number of nitrogens with one attached hydrogen (secondary N) is 1. The molecule has 1 N–H and O–H groups in total. The summed E-state index contributed by atoms with van der Waals surface area (Å²) in [6, 6.07) is 17.1. The second-order valence-electron chi connectivity index (χ2n) is 4.72. The summed E-state index contributed by atoms with van der Waals surface area (Å²) in [5.41, 5.74) is 2.64. The van der Waals surface area contributed by atoms with Crippen molar-refractivity contribution in [3.8, 4) is 0 Å². The van der Waals surface area contributed by atoms with Crippen molar-refractivity contribution in [2.24, 2.45) is 0 Å². The zero-order chi connectivity index (χ0) is 13.7. The van der Waals surface area contributed by atoms with Gasteiger partial charge in [-0.05, 0) is 37.9 Å². The molecule has 0 aliphatic carbocycles. The molecule has 0 saturated carbocycles. The molecule has 1 amide bonds.